The predicted octanol–water partition coefficient (Wildman–Crippen LogP) is 3.51. The van der Waals surface area contributed by atoms with E-state index < -0.39 is 0 Å². The highest BCUT2D eigenvalue weighted by atomic mass is 32.1. The summed E-state index contributed by atoms with van der Waals surface area (Å²) in [5.74, 6) is 1.77. The Kier molecular flexibility index (Phi) is 3.50. The number of anilines is 1. The van der Waals surface area contributed by atoms with Crippen LogP contribution in [0.4, 0.5) is 5.69 Å². The van der Waals surface area contributed by atoms with E-state index in [9.17, 15) is 0 Å². The molecule has 1 saturated carbocycles. The number of hydrogen-bond donors (Lipinski definition) is 1. The van der Waals surface area contributed by atoms with Crippen LogP contribution in [0.3, 0.4) is 0 Å². The van der Waals surface area contributed by atoms with Crippen LogP contribution in [0.5, 0.6) is 0 Å². The van der Waals surface area contributed by atoms with Gasteiger partial charge in [0.2, 0.25) is 0 Å². The molecule has 2 unspecified atom stereocenters. The topological polar surface area (TPSA) is 15.3 Å². The van der Waals surface area contributed by atoms with Crippen LogP contribution in [0.1, 0.15) is 25.7 Å². The van der Waals surface area contributed by atoms with Crippen molar-refractivity contribution in [2.45, 2.75) is 25.7 Å². The number of fused-ring (bicyclic) bond motifs is 1. The van der Waals surface area contributed by atoms with E-state index in [1.807, 2.05) is 18.2 Å². The number of rotatable bonds is 1. The monoisotopic (exact) mass is 260 g/mol. The van der Waals surface area contributed by atoms with E-state index in [2.05, 4.69) is 22.3 Å². The maximum absolute atomic E-state index is 5.53. The lowest BCUT2D eigenvalue weighted by Gasteiger charge is -2.22. The molecule has 0 amide bonds. The Balaban J connectivity index is 1.60. The van der Waals surface area contributed by atoms with Crippen LogP contribution >= 0.6 is 12.2 Å². The average Bonchev–Trinajstić information content (AvgIpc) is 2.84. The molecule has 96 valence electrons. The van der Waals surface area contributed by atoms with E-state index in [1.165, 1.54) is 25.7 Å². The van der Waals surface area contributed by atoms with E-state index in [0.717, 1.165) is 35.7 Å². The van der Waals surface area contributed by atoms with Crippen molar-refractivity contribution in [3.63, 3.8) is 0 Å². The number of para-hydroxylation sites is 1. The maximum Gasteiger partial charge on any atom is 0.173 e. The van der Waals surface area contributed by atoms with Gasteiger partial charge in [-0.3, -0.25) is 0 Å². The summed E-state index contributed by atoms with van der Waals surface area (Å²) >= 11 is 5.53. The minimum absolute atomic E-state index is 0.884. The van der Waals surface area contributed by atoms with Gasteiger partial charge in [-0.15, -0.1) is 0 Å². The molecule has 1 saturated heterocycles. The predicted molar refractivity (Wildman–Crippen MR) is 79.7 cm³/mol. The lowest BCUT2D eigenvalue weighted by atomic mass is 9.82. The van der Waals surface area contributed by atoms with Crippen LogP contribution in [0.15, 0.2) is 30.3 Å². The van der Waals surface area contributed by atoms with Crippen molar-refractivity contribution in [2.75, 3.05) is 18.4 Å². The van der Waals surface area contributed by atoms with Crippen molar-refractivity contribution in [1.82, 2.24) is 4.90 Å². The lowest BCUT2D eigenvalue weighted by molar-refractivity contribution is 0.299. The minimum atomic E-state index is 0.884. The average molecular weight is 260 g/mol. The van der Waals surface area contributed by atoms with Crippen LogP contribution in [-0.4, -0.2) is 23.1 Å². The van der Waals surface area contributed by atoms with Gasteiger partial charge in [-0.1, -0.05) is 31.0 Å². The zero-order valence-electron chi connectivity index (χ0n) is 10.6. The molecule has 2 atom stereocenters. The fraction of sp³-hybridized carbons (Fsp3) is 0.533. The molecule has 18 heavy (non-hydrogen) atoms. The van der Waals surface area contributed by atoms with Crippen molar-refractivity contribution in [2.24, 2.45) is 11.8 Å². The molecule has 1 aliphatic heterocycles. The lowest BCUT2D eigenvalue weighted by Crippen LogP contribution is -2.32. The summed E-state index contributed by atoms with van der Waals surface area (Å²) in [4.78, 5) is 2.36. The van der Waals surface area contributed by atoms with E-state index in [-0.39, 0.29) is 0 Å². The molecule has 0 radical (unpaired) electrons. The second kappa shape index (κ2) is 5.27. The first-order chi connectivity index (χ1) is 8.83. The van der Waals surface area contributed by atoms with E-state index in [4.69, 9.17) is 12.2 Å². The Morgan fingerprint density at radius 3 is 2.28 bits per heavy atom. The van der Waals surface area contributed by atoms with Crippen molar-refractivity contribution < 1.29 is 0 Å². The van der Waals surface area contributed by atoms with Gasteiger partial charge in [-0.2, -0.15) is 0 Å². The zero-order chi connectivity index (χ0) is 12.4. The smallest absolute Gasteiger partial charge is 0.173 e. The van der Waals surface area contributed by atoms with Gasteiger partial charge >= 0.3 is 0 Å². The maximum atomic E-state index is 5.53. The third-order valence-electron chi connectivity index (χ3n) is 4.29. The highest BCUT2D eigenvalue weighted by Gasteiger charge is 2.35. The highest BCUT2D eigenvalue weighted by Crippen LogP contribution is 2.36. The summed E-state index contributed by atoms with van der Waals surface area (Å²) in [5, 5.41) is 4.25. The van der Waals surface area contributed by atoms with Gasteiger partial charge < -0.3 is 10.2 Å². The van der Waals surface area contributed by atoms with Crippen LogP contribution in [0, 0.1) is 11.8 Å². The summed E-state index contributed by atoms with van der Waals surface area (Å²) in [5.41, 5.74) is 1.09. The normalized spacial score (nSPS) is 26.8. The fourth-order valence-electron chi connectivity index (χ4n) is 3.30. The summed E-state index contributed by atoms with van der Waals surface area (Å²) in [7, 11) is 0. The Hall–Kier alpha value is -1.09. The molecule has 1 aliphatic carbocycles. The molecule has 1 aromatic rings. The zero-order valence-corrected chi connectivity index (χ0v) is 11.5. The summed E-state index contributed by atoms with van der Waals surface area (Å²) in [6.07, 6.45) is 5.62. The summed E-state index contributed by atoms with van der Waals surface area (Å²) < 4.78 is 0. The van der Waals surface area contributed by atoms with Gasteiger partial charge in [0, 0.05) is 18.8 Å². The standard InChI is InChI=1S/C15H20N2S/c18-15(16-14-8-2-1-3-9-14)17-10-12-6-4-5-7-13(12)11-17/h1-3,8-9,12-13H,4-7,10-11H2,(H,16,18). The van der Waals surface area contributed by atoms with Crippen molar-refractivity contribution in [1.29, 1.82) is 0 Å². The molecule has 0 aromatic heterocycles. The molecule has 2 nitrogen and oxygen atoms in total. The fourth-order valence-corrected chi connectivity index (χ4v) is 3.56. The van der Waals surface area contributed by atoms with E-state index >= 15 is 0 Å². The van der Waals surface area contributed by atoms with Crippen molar-refractivity contribution in [3.05, 3.63) is 30.3 Å². The summed E-state index contributed by atoms with van der Waals surface area (Å²) in [6, 6.07) is 10.2. The van der Waals surface area contributed by atoms with Crippen molar-refractivity contribution in [3.8, 4) is 0 Å². The van der Waals surface area contributed by atoms with Crippen LogP contribution < -0.4 is 5.32 Å². The van der Waals surface area contributed by atoms with Gasteiger partial charge in [0.15, 0.2) is 5.11 Å². The quantitative estimate of drug-likeness (QED) is 0.778. The van der Waals surface area contributed by atoms with Gasteiger partial charge in [0.05, 0.1) is 0 Å². The number of nitrogens with zero attached hydrogens (tertiary/aromatic N) is 1. The number of likely N-dealkylation sites (tertiary alicyclic amines) is 1. The Bertz CT molecular complexity index is 404. The van der Waals surface area contributed by atoms with E-state index in [1.54, 1.807) is 0 Å². The number of nitrogens with one attached hydrogen (secondary N) is 1. The van der Waals surface area contributed by atoms with Gasteiger partial charge in [0.25, 0.3) is 0 Å². The molecule has 1 heterocycles. The largest absolute Gasteiger partial charge is 0.348 e. The SMILES string of the molecule is S=C(Nc1ccccc1)N1CC2CCCCC2C1. The molecular weight excluding hydrogens is 240 g/mol. The number of hydrogen-bond acceptors (Lipinski definition) is 1. The molecule has 3 rings (SSSR count). The molecule has 0 bridgehead atoms. The van der Waals surface area contributed by atoms with Crippen molar-refractivity contribution >= 4 is 23.0 Å². The molecule has 1 N–H and O–H groups in total. The Morgan fingerprint density at radius 1 is 1.06 bits per heavy atom. The number of thiocarbonyl (C=S) groups is 1. The minimum Gasteiger partial charge on any atom is -0.348 e. The second-order valence-corrected chi connectivity index (χ2v) is 5.89. The molecule has 3 heteroatoms. The molecular formula is C15H20N2S. The summed E-state index contributed by atoms with van der Waals surface area (Å²) in [6.45, 7) is 2.31. The molecule has 0 spiro atoms. The van der Waals surface area contributed by atoms with Crippen LogP contribution in [-0.2, 0) is 0 Å². The Morgan fingerprint density at radius 2 is 1.67 bits per heavy atom. The second-order valence-electron chi connectivity index (χ2n) is 5.51. The van der Waals surface area contributed by atoms with Crippen LogP contribution in [0.25, 0.3) is 0 Å². The number of benzene rings is 1. The van der Waals surface area contributed by atoms with Gasteiger partial charge in [-0.25, -0.2) is 0 Å². The van der Waals surface area contributed by atoms with Gasteiger partial charge in [-0.05, 0) is 49.0 Å². The highest BCUT2D eigenvalue weighted by molar-refractivity contribution is 7.80. The third-order valence-corrected chi connectivity index (χ3v) is 4.65. The Labute approximate surface area is 114 Å². The first-order valence-corrected chi connectivity index (χ1v) is 7.35. The van der Waals surface area contributed by atoms with E-state index in [0.29, 0.717) is 0 Å². The molecule has 1 aromatic carbocycles. The molecule has 2 fully saturated rings. The van der Waals surface area contributed by atoms with Gasteiger partial charge in [0.1, 0.15) is 0 Å². The van der Waals surface area contributed by atoms with Crippen LogP contribution in [0.2, 0.25) is 0 Å². The third kappa shape index (κ3) is 2.51. The first kappa shape index (κ1) is 12.0. The molecule has 2 aliphatic rings. The first-order valence-electron chi connectivity index (χ1n) is 6.94.